The molecule has 8 nitrogen and oxygen atoms in total. The molecule has 3 aromatic rings. The summed E-state index contributed by atoms with van der Waals surface area (Å²) in [6.07, 6.45) is 7.24. The Labute approximate surface area is 260 Å². The summed E-state index contributed by atoms with van der Waals surface area (Å²) in [5, 5.41) is 6.15. The summed E-state index contributed by atoms with van der Waals surface area (Å²) in [7, 11) is 1.86. The molecule has 0 spiro atoms. The second-order valence-corrected chi connectivity index (χ2v) is 13.3. The number of amides is 3. The summed E-state index contributed by atoms with van der Waals surface area (Å²) in [6, 6.07) is 20.5. The summed E-state index contributed by atoms with van der Waals surface area (Å²) < 4.78 is 5.49. The fourth-order valence-electron chi connectivity index (χ4n) is 6.13. The van der Waals surface area contributed by atoms with Crippen molar-refractivity contribution in [2.24, 2.45) is 5.92 Å². The Morgan fingerprint density at radius 2 is 1.61 bits per heavy atom. The van der Waals surface area contributed by atoms with E-state index < -0.39 is 17.2 Å². The maximum absolute atomic E-state index is 13.1. The van der Waals surface area contributed by atoms with Crippen LogP contribution >= 0.6 is 0 Å². The highest BCUT2D eigenvalue weighted by Crippen LogP contribution is 2.46. The standard InChI is InChI=1S/C36H44N4O4/c1-24(41)40(5)30-17-11-25(12-18-30)21-32(42)38-29-22-31(26-9-7-6-8-10-26)33(37-23-29)27-13-15-28(16-14-27)36(19-20-36)39-34(43)44-35(2,3)4/h6-10,13-16,22-23,25,30H,11-12,17-21H2,1-5H3,(H,38,42)(H,39,43). The van der Waals surface area contributed by atoms with Gasteiger partial charge in [-0.3, -0.25) is 14.6 Å². The average Bonchev–Trinajstić information content (AvgIpc) is 3.77. The van der Waals surface area contributed by atoms with Crippen molar-refractivity contribution in [2.75, 3.05) is 12.4 Å². The van der Waals surface area contributed by atoms with E-state index in [0.717, 1.165) is 66.5 Å². The monoisotopic (exact) mass is 596 g/mol. The molecule has 2 N–H and O–H groups in total. The van der Waals surface area contributed by atoms with Crippen LogP contribution in [-0.2, 0) is 19.9 Å². The highest BCUT2D eigenvalue weighted by molar-refractivity contribution is 5.93. The highest BCUT2D eigenvalue weighted by atomic mass is 16.6. The van der Waals surface area contributed by atoms with Gasteiger partial charge < -0.3 is 20.3 Å². The van der Waals surface area contributed by atoms with E-state index >= 15 is 0 Å². The lowest BCUT2D eigenvalue weighted by Crippen LogP contribution is -2.39. The van der Waals surface area contributed by atoms with Crippen molar-refractivity contribution in [3.63, 3.8) is 0 Å². The Kier molecular flexibility index (Phi) is 9.09. The first-order chi connectivity index (χ1) is 20.9. The van der Waals surface area contributed by atoms with Crippen molar-refractivity contribution in [1.82, 2.24) is 15.2 Å². The minimum Gasteiger partial charge on any atom is -0.444 e. The number of hydrogen-bond donors (Lipinski definition) is 2. The van der Waals surface area contributed by atoms with Gasteiger partial charge in [-0.25, -0.2) is 4.79 Å². The van der Waals surface area contributed by atoms with Crippen molar-refractivity contribution in [1.29, 1.82) is 0 Å². The van der Waals surface area contributed by atoms with Crippen LogP contribution in [0.5, 0.6) is 0 Å². The fourth-order valence-corrected chi connectivity index (χ4v) is 6.13. The summed E-state index contributed by atoms with van der Waals surface area (Å²) in [5.41, 5.74) is 4.46. The SMILES string of the molecule is CC(=O)N(C)C1CCC(CC(=O)Nc2cnc(-c3ccc(C4(NC(=O)OC(C)(C)C)CC4)cc3)c(-c3ccccc3)c2)CC1. The van der Waals surface area contributed by atoms with Gasteiger partial charge in [0.1, 0.15) is 5.60 Å². The van der Waals surface area contributed by atoms with Crippen LogP contribution in [0.3, 0.4) is 0 Å². The number of rotatable bonds is 8. The summed E-state index contributed by atoms with van der Waals surface area (Å²) in [5.74, 6) is 0.387. The smallest absolute Gasteiger partial charge is 0.408 e. The van der Waals surface area contributed by atoms with Gasteiger partial charge >= 0.3 is 6.09 Å². The Morgan fingerprint density at radius 1 is 0.955 bits per heavy atom. The molecule has 0 unspecified atom stereocenters. The zero-order valence-corrected chi connectivity index (χ0v) is 26.5. The summed E-state index contributed by atoms with van der Waals surface area (Å²) in [4.78, 5) is 43.9. The highest BCUT2D eigenvalue weighted by Gasteiger charge is 2.46. The molecule has 2 aromatic carbocycles. The number of alkyl carbamates (subject to hydrolysis) is 1. The topological polar surface area (TPSA) is 101 Å². The Bertz CT molecular complexity index is 1480. The summed E-state index contributed by atoms with van der Waals surface area (Å²) in [6.45, 7) is 7.18. The largest absolute Gasteiger partial charge is 0.444 e. The molecule has 232 valence electrons. The lowest BCUT2D eigenvalue weighted by Gasteiger charge is -2.34. The van der Waals surface area contributed by atoms with Gasteiger partial charge in [-0.05, 0) is 82.4 Å². The Hall–Kier alpha value is -4.20. The first kappa shape index (κ1) is 31.2. The van der Waals surface area contributed by atoms with Gasteiger partial charge in [-0.1, -0.05) is 54.6 Å². The molecule has 0 bridgehead atoms. The van der Waals surface area contributed by atoms with Crippen LogP contribution in [-0.4, -0.2) is 46.5 Å². The maximum Gasteiger partial charge on any atom is 0.408 e. The second-order valence-electron chi connectivity index (χ2n) is 13.3. The predicted molar refractivity (Wildman–Crippen MR) is 173 cm³/mol. The first-order valence-corrected chi connectivity index (χ1v) is 15.6. The number of ether oxygens (including phenoxy) is 1. The number of hydrogen-bond acceptors (Lipinski definition) is 5. The molecule has 3 amide bonds. The molecular weight excluding hydrogens is 552 g/mol. The van der Waals surface area contributed by atoms with E-state index in [1.807, 2.05) is 81.2 Å². The quantitative estimate of drug-likeness (QED) is 0.284. The van der Waals surface area contributed by atoms with Crippen molar-refractivity contribution in [3.8, 4) is 22.4 Å². The van der Waals surface area contributed by atoms with Crippen molar-refractivity contribution in [3.05, 3.63) is 72.4 Å². The number of carbonyl (C=O) groups is 3. The third-order valence-electron chi connectivity index (χ3n) is 8.79. The van der Waals surface area contributed by atoms with Crippen LogP contribution < -0.4 is 10.6 Å². The van der Waals surface area contributed by atoms with Crippen LogP contribution in [0.1, 0.15) is 78.2 Å². The number of pyridine rings is 1. The predicted octanol–water partition coefficient (Wildman–Crippen LogP) is 7.30. The Balaban J connectivity index is 1.29. The van der Waals surface area contributed by atoms with Gasteiger partial charge in [0, 0.05) is 37.6 Å². The van der Waals surface area contributed by atoms with E-state index in [2.05, 4.69) is 22.8 Å². The lowest BCUT2D eigenvalue weighted by atomic mass is 9.83. The van der Waals surface area contributed by atoms with Crippen molar-refractivity contribution in [2.45, 2.75) is 89.8 Å². The number of nitrogens with one attached hydrogen (secondary N) is 2. The van der Waals surface area contributed by atoms with E-state index in [4.69, 9.17) is 9.72 Å². The van der Waals surface area contributed by atoms with Crippen LogP contribution in [0.4, 0.5) is 10.5 Å². The molecule has 5 rings (SSSR count). The minimum absolute atomic E-state index is 0.0153. The number of nitrogens with zero attached hydrogens (tertiary/aromatic N) is 2. The van der Waals surface area contributed by atoms with Crippen LogP contribution in [0.25, 0.3) is 22.4 Å². The number of anilines is 1. The van der Waals surface area contributed by atoms with Gasteiger partial charge in [0.05, 0.1) is 23.1 Å². The number of benzene rings is 2. The molecule has 0 saturated heterocycles. The zero-order valence-electron chi connectivity index (χ0n) is 26.5. The molecule has 2 saturated carbocycles. The molecule has 1 heterocycles. The van der Waals surface area contributed by atoms with Crippen molar-refractivity contribution >= 4 is 23.6 Å². The van der Waals surface area contributed by atoms with Crippen LogP contribution in [0.15, 0.2) is 66.9 Å². The van der Waals surface area contributed by atoms with Gasteiger partial charge in [0.15, 0.2) is 0 Å². The number of carbonyl (C=O) groups excluding carboxylic acids is 3. The molecule has 0 aliphatic heterocycles. The molecule has 44 heavy (non-hydrogen) atoms. The molecule has 0 atom stereocenters. The van der Waals surface area contributed by atoms with E-state index in [9.17, 15) is 14.4 Å². The molecule has 2 aliphatic carbocycles. The molecule has 2 fully saturated rings. The van der Waals surface area contributed by atoms with Gasteiger partial charge in [-0.2, -0.15) is 0 Å². The third-order valence-corrected chi connectivity index (χ3v) is 8.79. The molecule has 1 aromatic heterocycles. The van der Waals surface area contributed by atoms with E-state index in [1.165, 1.54) is 0 Å². The van der Waals surface area contributed by atoms with Crippen LogP contribution in [0, 0.1) is 5.92 Å². The van der Waals surface area contributed by atoms with E-state index in [-0.39, 0.29) is 17.9 Å². The zero-order chi connectivity index (χ0) is 31.5. The summed E-state index contributed by atoms with van der Waals surface area (Å²) >= 11 is 0. The molecular formula is C36H44N4O4. The minimum atomic E-state index is -0.553. The van der Waals surface area contributed by atoms with Gasteiger partial charge in [0.2, 0.25) is 11.8 Å². The third kappa shape index (κ3) is 7.65. The maximum atomic E-state index is 13.1. The van der Waals surface area contributed by atoms with Gasteiger partial charge in [0.25, 0.3) is 0 Å². The molecule has 0 radical (unpaired) electrons. The van der Waals surface area contributed by atoms with Gasteiger partial charge in [-0.15, -0.1) is 0 Å². The fraction of sp³-hybridized carbons (Fsp3) is 0.444. The first-order valence-electron chi connectivity index (χ1n) is 15.6. The van der Waals surface area contributed by atoms with E-state index in [1.54, 1.807) is 13.1 Å². The average molecular weight is 597 g/mol. The van der Waals surface area contributed by atoms with Crippen LogP contribution in [0.2, 0.25) is 0 Å². The molecule has 8 heteroatoms. The Morgan fingerprint density at radius 3 is 2.20 bits per heavy atom. The van der Waals surface area contributed by atoms with E-state index in [0.29, 0.717) is 18.0 Å². The molecule has 2 aliphatic rings. The second kappa shape index (κ2) is 12.8. The lowest BCUT2D eigenvalue weighted by molar-refractivity contribution is -0.130. The normalized spacial score (nSPS) is 19.0. The number of aromatic nitrogens is 1. The van der Waals surface area contributed by atoms with Crippen molar-refractivity contribution < 1.29 is 19.1 Å².